The van der Waals surface area contributed by atoms with Crippen LogP contribution in [0.25, 0.3) is 11.1 Å². The van der Waals surface area contributed by atoms with Gasteiger partial charge in [0, 0.05) is 17.5 Å². The molecule has 0 N–H and O–H groups in total. The summed E-state index contributed by atoms with van der Waals surface area (Å²) < 4.78 is 10.2. The predicted octanol–water partition coefficient (Wildman–Crippen LogP) is 2.76. The molecule has 4 rings (SSSR count). The van der Waals surface area contributed by atoms with Crippen molar-refractivity contribution in [2.24, 2.45) is 0 Å². The van der Waals surface area contributed by atoms with E-state index in [1.54, 1.807) is 25.1 Å². The van der Waals surface area contributed by atoms with Gasteiger partial charge in [-0.05, 0) is 30.2 Å². The van der Waals surface area contributed by atoms with Crippen molar-refractivity contribution in [1.29, 1.82) is 0 Å². The second-order valence-corrected chi connectivity index (χ2v) is 6.01. The highest BCUT2D eigenvalue weighted by molar-refractivity contribution is 6.22. The molecule has 2 aromatic carbocycles. The van der Waals surface area contributed by atoms with E-state index in [2.05, 4.69) is 0 Å². The van der Waals surface area contributed by atoms with Crippen LogP contribution in [-0.2, 0) is 14.3 Å². The summed E-state index contributed by atoms with van der Waals surface area (Å²) >= 11 is 0. The highest BCUT2D eigenvalue weighted by Gasteiger charge is 2.35. The zero-order chi connectivity index (χ0) is 16.8. The van der Waals surface area contributed by atoms with E-state index in [-0.39, 0.29) is 17.5 Å². The smallest absolute Gasteiger partial charge is 0.347 e. The van der Waals surface area contributed by atoms with Gasteiger partial charge in [0.2, 0.25) is 6.10 Å². The normalized spacial score (nSPS) is 21.2. The second-order valence-electron chi connectivity index (χ2n) is 6.01. The molecule has 1 aliphatic heterocycles. The summed E-state index contributed by atoms with van der Waals surface area (Å²) in [7, 11) is 0. The van der Waals surface area contributed by atoms with Crippen LogP contribution in [0.3, 0.4) is 0 Å². The zero-order valence-corrected chi connectivity index (χ0v) is 12.9. The van der Waals surface area contributed by atoms with E-state index in [4.69, 9.17) is 9.47 Å². The third-order valence-corrected chi connectivity index (χ3v) is 4.34. The second kappa shape index (κ2) is 5.30. The molecule has 5 heteroatoms. The number of carbonyl (C=O) groups is 3. The van der Waals surface area contributed by atoms with E-state index in [9.17, 15) is 14.4 Å². The van der Waals surface area contributed by atoms with Crippen LogP contribution in [0.5, 0.6) is 0 Å². The molecule has 0 unspecified atom stereocenters. The maximum Gasteiger partial charge on any atom is 0.347 e. The molecule has 1 fully saturated rings. The first-order valence-electron chi connectivity index (χ1n) is 7.74. The Hall–Kier alpha value is -2.95. The minimum Gasteiger partial charge on any atom is -0.460 e. The number of esters is 2. The molecule has 0 saturated carbocycles. The first-order valence-corrected chi connectivity index (χ1v) is 7.74. The highest BCUT2D eigenvalue weighted by atomic mass is 16.6. The summed E-state index contributed by atoms with van der Waals surface area (Å²) in [6.07, 6.45) is -0.792. The molecule has 0 aromatic heterocycles. The molecule has 5 nitrogen and oxygen atoms in total. The van der Waals surface area contributed by atoms with Gasteiger partial charge in [0.25, 0.3) is 0 Å². The van der Waals surface area contributed by atoms with Crippen LogP contribution in [-0.4, -0.2) is 29.9 Å². The van der Waals surface area contributed by atoms with Crippen molar-refractivity contribution in [3.05, 3.63) is 59.2 Å². The number of cyclic esters (lactones) is 1. The van der Waals surface area contributed by atoms with Crippen LogP contribution < -0.4 is 0 Å². The Labute approximate surface area is 138 Å². The van der Waals surface area contributed by atoms with Crippen molar-refractivity contribution in [2.45, 2.75) is 25.6 Å². The van der Waals surface area contributed by atoms with Crippen LogP contribution in [0.4, 0.5) is 0 Å². The Morgan fingerprint density at radius 3 is 2.46 bits per heavy atom. The van der Waals surface area contributed by atoms with Crippen LogP contribution in [0, 0.1) is 0 Å². The first kappa shape index (κ1) is 14.6. The third-order valence-electron chi connectivity index (χ3n) is 4.34. The average molecular weight is 322 g/mol. The van der Waals surface area contributed by atoms with E-state index >= 15 is 0 Å². The molecule has 0 amide bonds. The van der Waals surface area contributed by atoms with Crippen molar-refractivity contribution >= 4 is 17.7 Å². The number of hydrogen-bond acceptors (Lipinski definition) is 5. The SMILES string of the molecule is C[C@H]1C[C@H](OC(=O)c2ccc3c(c2)C(=O)c2ccccc2-3)C(=O)O1. The van der Waals surface area contributed by atoms with Gasteiger partial charge in [-0.25, -0.2) is 9.59 Å². The van der Waals surface area contributed by atoms with Gasteiger partial charge < -0.3 is 9.47 Å². The summed E-state index contributed by atoms with van der Waals surface area (Å²) in [5.74, 6) is -1.26. The van der Waals surface area contributed by atoms with Crippen molar-refractivity contribution < 1.29 is 23.9 Å². The minimum absolute atomic E-state index is 0.107. The number of carbonyl (C=O) groups excluding carboxylic acids is 3. The molecule has 1 aliphatic carbocycles. The van der Waals surface area contributed by atoms with E-state index < -0.39 is 18.0 Å². The van der Waals surface area contributed by atoms with Crippen LogP contribution in [0.1, 0.15) is 39.6 Å². The summed E-state index contributed by atoms with van der Waals surface area (Å²) in [5, 5.41) is 0. The number of ketones is 1. The number of hydrogen-bond donors (Lipinski definition) is 0. The van der Waals surface area contributed by atoms with Gasteiger partial charge in [-0.2, -0.15) is 0 Å². The number of fused-ring (bicyclic) bond motifs is 3. The van der Waals surface area contributed by atoms with E-state index in [1.807, 2.05) is 18.2 Å². The Bertz CT molecular complexity index is 883. The largest absolute Gasteiger partial charge is 0.460 e. The van der Waals surface area contributed by atoms with Gasteiger partial charge in [-0.1, -0.05) is 30.3 Å². The monoisotopic (exact) mass is 322 g/mol. The van der Waals surface area contributed by atoms with E-state index in [0.717, 1.165) is 11.1 Å². The van der Waals surface area contributed by atoms with Crippen molar-refractivity contribution in [1.82, 2.24) is 0 Å². The lowest BCUT2D eigenvalue weighted by molar-refractivity contribution is -0.147. The number of rotatable bonds is 2. The molecule has 2 atom stereocenters. The van der Waals surface area contributed by atoms with Crippen molar-refractivity contribution in [2.75, 3.05) is 0 Å². The van der Waals surface area contributed by atoms with Crippen LogP contribution >= 0.6 is 0 Å². The molecule has 1 saturated heterocycles. The Morgan fingerprint density at radius 1 is 1.04 bits per heavy atom. The van der Waals surface area contributed by atoms with Crippen LogP contribution in [0.2, 0.25) is 0 Å². The van der Waals surface area contributed by atoms with Crippen molar-refractivity contribution in [3.63, 3.8) is 0 Å². The quantitative estimate of drug-likeness (QED) is 0.679. The van der Waals surface area contributed by atoms with Gasteiger partial charge in [0.1, 0.15) is 6.10 Å². The molecule has 24 heavy (non-hydrogen) atoms. The zero-order valence-electron chi connectivity index (χ0n) is 12.9. The molecule has 0 bridgehead atoms. The highest BCUT2D eigenvalue weighted by Crippen LogP contribution is 2.36. The fraction of sp³-hybridized carbons (Fsp3) is 0.211. The van der Waals surface area contributed by atoms with Gasteiger partial charge in [-0.15, -0.1) is 0 Å². The van der Waals surface area contributed by atoms with E-state index in [1.165, 1.54) is 6.07 Å². The molecule has 120 valence electrons. The summed E-state index contributed by atoms with van der Waals surface area (Å²) in [6.45, 7) is 1.75. The number of benzene rings is 2. The summed E-state index contributed by atoms with van der Waals surface area (Å²) in [4.78, 5) is 36.4. The third kappa shape index (κ3) is 2.21. The van der Waals surface area contributed by atoms with Crippen molar-refractivity contribution in [3.8, 4) is 11.1 Å². The predicted molar refractivity (Wildman–Crippen MR) is 84.7 cm³/mol. The molecular weight excluding hydrogens is 308 g/mol. The fourth-order valence-electron chi connectivity index (χ4n) is 3.17. The molecule has 0 spiro atoms. The standard InChI is InChI=1S/C19H14O5/c1-10-8-16(19(22)23-10)24-18(21)11-6-7-13-12-4-2-3-5-14(12)17(20)15(13)9-11/h2-7,9-10,16H,8H2,1H3/t10-,16-/m0/s1. The van der Waals surface area contributed by atoms with Gasteiger partial charge in [0.05, 0.1) is 5.56 Å². The Kier molecular flexibility index (Phi) is 3.23. The minimum atomic E-state index is -0.881. The Morgan fingerprint density at radius 2 is 1.75 bits per heavy atom. The topological polar surface area (TPSA) is 69.7 Å². The molecule has 2 aliphatic rings. The maximum absolute atomic E-state index is 12.5. The molecule has 0 radical (unpaired) electrons. The van der Waals surface area contributed by atoms with Gasteiger partial charge in [0.15, 0.2) is 5.78 Å². The molecule has 1 heterocycles. The lowest BCUT2D eigenvalue weighted by Crippen LogP contribution is -2.22. The molecule has 2 aromatic rings. The van der Waals surface area contributed by atoms with Gasteiger partial charge in [-0.3, -0.25) is 4.79 Å². The number of ether oxygens (including phenoxy) is 2. The first-order chi connectivity index (χ1) is 11.5. The van der Waals surface area contributed by atoms with Crippen LogP contribution in [0.15, 0.2) is 42.5 Å². The molecular formula is C19H14O5. The van der Waals surface area contributed by atoms with E-state index in [0.29, 0.717) is 17.5 Å². The Balaban J connectivity index is 1.62. The lowest BCUT2D eigenvalue weighted by atomic mass is 10.0. The average Bonchev–Trinajstić information content (AvgIpc) is 3.05. The van der Waals surface area contributed by atoms with Gasteiger partial charge >= 0.3 is 11.9 Å². The fourth-order valence-corrected chi connectivity index (χ4v) is 3.17. The maximum atomic E-state index is 12.5. The summed E-state index contributed by atoms with van der Waals surface area (Å²) in [6, 6.07) is 12.2. The lowest BCUT2D eigenvalue weighted by Gasteiger charge is -2.09. The summed E-state index contributed by atoms with van der Waals surface area (Å²) in [5.41, 5.74) is 3.04.